The Morgan fingerprint density at radius 1 is 1.33 bits per heavy atom. The van der Waals surface area contributed by atoms with E-state index < -0.39 is 0 Å². The number of carbonyl (C=O) groups excluding carboxylic acids is 1. The average molecular weight is 257 g/mol. The van der Waals surface area contributed by atoms with Gasteiger partial charge in [-0.3, -0.25) is 4.79 Å². The molecule has 0 aromatic heterocycles. The molecule has 0 rings (SSSR count). The Morgan fingerprint density at radius 2 is 1.94 bits per heavy atom. The van der Waals surface area contributed by atoms with Gasteiger partial charge in [0.05, 0.1) is 6.04 Å². The van der Waals surface area contributed by atoms with E-state index in [2.05, 4.69) is 45.1 Å². The maximum atomic E-state index is 11.8. The summed E-state index contributed by atoms with van der Waals surface area (Å²) in [5.74, 6) is 0.613. The van der Waals surface area contributed by atoms with Crippen LogP contribution in [0.2, 0.25) is 0 Å². The van der Waals surface area contributed by atoms with Gasteiger partial charge in [-0.1, -0.05) is 33.6 Å². The second kappa shape index (κ2) is 9.34. The molecule has 0 radical (unpaired) electrons. The maximum absolute atomic E-state index is 11.8. The van der Waals surface area contributed by atoms with Crippen molar-refractivity contribution in [2.75, 3.05) is 20.6 Å². The molecule has 108 valence electrons. The van der Waals surface area contributed by atoms with Crippen LogP contribution in [-0.2, 0) is 4.79 Å². The van der Waals surface area contributed by atoms with Crippen LogP contribution < -0.4 is 11.1 Å². The first-order valence-electron chi connectivity index (χ1n) is 7.08. The Bertz CT molecular complexity index is 229. The summed E-state index contributed by atoms with van der Waals surface area (Å²) in [6.45, 7) is 7.19. The van der Waals surface area contributed by atoms with Gasteiger partial charge < -0.3 is 16.0 Å². The molecule has 3 N–H and O–H groups in total. The summed E-state index contributed by atoms with van der Waals surface area (Å²) in [5, 5.41) is 2.97. The summed E-state index contributed by atoms with van der Waals surface area (Å²) in [7, 11) is 4.10. The molecule has 1 unspecified atom stereocenters. The molecule has 0 aromatic rings. The summed E-state index contributed by atoms with van der Waals surface area (Å²) in [5.41, 5.74) is 5.84. The predicted molar refractivity (Wildman–Crippen MR) is 77.4 cm³/mol. The smallest absolute Gasteiger partial charge is 0.236 e. The zero-order chi connectivity index (χ0) is 14.1. The number of nitrogens with zero attached hydrogens (tertiary/aromatic N) is 1. The lowest BCUT2D eigenvalue weighted by Crippen LogP contribution is -2.46. The van der Waals surface area contributed by atoms with Crippen LogP contribution in [0, 0.1) is 5.92 Å². The lowest BCUT2D eigenvalue weighted by Gasteiger charge is -2.26. The van der Waals surface area contributed by atoms with Gasteiger partial charge in [-0.25, -0.2) is 0 Å². The van der Waals surface area contributed by atoms with E-state index in [0.717, 1.165) is 25.7 Å². The number of amides is 1. The van der Waals surface area contributed by atoms with Crippen molar-refractivity contribution in [1.82, 2.24) is 10.2 Å². The second-order valence-electron chi connectivity index (χ2n) is 5.74. The monoisotopic (exact) mass is 257 g/mol. The number of likely N-dealkylation sites (N-methyl/N-ethyl adjacent to an activating group) is 1. The molecule has 0 bridgehead atoms. The fraction of sp³-hybridized carbons (Fsp3) is 0.929. The van der Waals surface area contributed by atoms with Crippen molar-refractivity contribution in [3.8, 4) is 0 Å². The van der Waals surface area contributed by atoms with Crippen molar-refractivity contribution in [1.29, 1.82) is 0 Å². The summed E-state index contributed by atoms with van der Waals surface area (Å²) < 4.78 is 0. The highest BCUT2D eigenvalue weighted by Gasteiger charge is 2.17. The Labute approximate surface area is 112 Å². The SMILES string of the molecule is CCCC[C@H](N)C(=O)NCC(CC(C)C)N(C)C. The molecule has 18 heavy (non-hydrogen) atoms. The van der Waals surface area contributed by atoms with Gasteiger partial charge in [0.1, 0.15) is 0 Å². The first-order chi connectivity index (χ1) is 8.38. The molecule has 2 atom stereocenters. The molecule has 4 nitrogen and oxygen atoms in total. The van der Waals surface area contributed by atoms with Crippen molar-refractivity contribution < 1.29 is 4.79 Å². The predicted octanol–water partition coefficient (Wildman–Crippen LogP) is 1.60. The first-order valence-corrected chi connectivity index (χ1v) is 7.08. The second-order valence-corrected chi connectivity index (χ2v) is 5.74. The van der Waals surface area contributed by atoms with Gasteiger partial charge >= 0.3 is 0 Å². The molecule has 0 saturated carbocycles. The molecule has 0 aliphatic heterocycles. The van der Waals surface area contributed by atoms with Gasteiger partial charge in [-0.2, -0.15) is 0 Å². The van der Waals surface area contributed by atoms with Crippen LogP contribution in [0.25, 0.3) is 0 Å². The molecule has 0 saturated heterocycles. The van der Waals surface area contributed by atoms with E-state index in [4.69, 9.17) is 5.73 Å². The van der Waals surface area contributed by atoms with Crippen LogP contribution in [0.3, 0.4) is 0 Å². The van der Waals surface area contributed by atoms with Crippen LogP contribution in [-0.4, -0.2) is 43.5 Å². The molecular formula is C14H31N3O. The van der Waals surface area contributed by atoms with Crippen molar-refractivity contribution in [2.45, 2.75) is 58.5 Å². The molecule has 0 fully saturated rings. The third-order valence-corrected chi connectivity index (χ3v) is 3.19. The van der Waals surface area contributed by atoms with E-state index in [1.165, 1.54) is 0 Å². The highest BCUT2D eigenvalue weighted by Crippen LogP contribution is 2.08. The quantitative estimate of drug-likeness (QED) is 0.659. The lowest BCUT2D eigenvalue weighted by atomic mass is 10.0. The number of carbonyl (C=O) groups is 1. The third-order valence-electron chi connectivity index (χ3n) is 3.19. The van der Waals surface area contributed by atoms with E-state index in [9.17, 15) is 4.79 Å². The van der Waals surface area contributed by atoms with Crippen LogP contribution >= 0.6 is 0 Å². The normalized spacial score (nSPS) is 14.9. The summed E-state index contributed by atoms with van der Waals surface area (Å²) in [4.78, 5) is 14.0. The molecule has 0 aliphatic carbocycles. The van der Waals surface area contributed by atoms with E-state index in [1.54, 1.807) is 0 Å². The molecule has 1 amide bonds. The van der Waals surface area contributed by atoms with Crippen LogP contribution in [0.5, 0.6) is 0 Å². The fourth-order valence-corrected chi connectivity index (χ4v) is 1.93. The zero-order valence-corrected chi connectivity index (χ0v) is 12.7. The van der Waals surface area contributed by atoms with Crippen molar-refractivity contribution in [2.24, 2.45) is 11.7 Å². The van der Waals surface area contributed by atoms with Gasteiger partial charge in [0.2, 0.25) is 5.91 Å². The number of hydrogen-bond acceptors (Lipinski definition) is 3. The molecule has 0 aliphatic rings. The average Bonchev–Trinajstić information content (AvgIpc) is 2.30. The minimum atomic E-state index is -0.355. The number of nitrogens with one attached hydrogen (secondary N) is 1. The highest BCUT2D eigenvalue weighted by molar-refractivity contribution is 5.81. The number of nitrogens with two attached hydrogens (primary N) is 1. The van der Waals surface area contributed by atoms with E-state index in [0.29, 0.717) is 18.5 Å². The zero-order valence-electron chi connectivity index (χ0n) is 12.7. The standard InChI is InChI=1S/C14H31N3O/c1-6-7-8-13(15)14(18)16-10-12(17(4)5)9-11(2)3/h11-13H,6-10,15H2,1-5H3,(H,16,18)/t12?,13-/m0/s1. The molecular weight excluding hydrogens is 226 g/mol. The highest BCUT2D eigenvalue weighted by atomic mass is 16.2. The van der Waals surface area contributed by atoms with Crippen molar-refractivity contribution in [3.05, 3.63) is 0 Å². The van der Waals surface area contributed by atoms with E-state index in [1.807, 2.05) is 0 Å². The minimum absolute atomic E-state index is 0.0148. The van der Waals surface area contributed by atoms with Crippen molar-refractivity contribution >= 4 is 5.91 Å². The molecule has 0 spiro atoms. The topological polar surface area (TPSA) is 58.4 Å². The van der Waals surface area contributed by atoms with E-state index in [-0.39, 0.29) is 11.9 Å². The van der Waals surface area contributed by atoms with Gasteiger partial charge in [0, 0.05) is 12.6 Å². The van der Waals surface area contributed by atoms with Gasteiger partial charge in [-0.15, -0.1) is 0 Å². The fourth-order valence-electron chi connectivity index (χ4n) is 1.93. The minimum Gasteiger partial charge on any atom is -0.353 e. The summed E-state index contributed by atoms with van der Waals surface area (Å²) in [6, 6.07) is 0.0270. The lowest BCUT2D eigenvalue weighted by molar-refractivity contribution is -0.122. The Balaban J connectivity index is 4.06. The van der Waals surface area contributed by atoms with Crippen molar-refractivity contribution in [3.63, 3.8) is 0 Å². The number of unbranched alkanes of at least 4 members (excludes halogenated alkanes) is 1. The third kappa shape index (κ3) is 7.67. The molecule has 0 heterocycles. The Hall–Kier alpha value is -0.610. The van der Waals surface area contributed by atoms with Crippen LogP contribution in [0.15, 0.2) is 0 Å². The van der Waals surface area contributed by atoms with E-state index >= 15 is 0 Å². The largest absolute Gasteiger partial charge is 0.353 e. The first kappa shape index (κ1) is 17.4. The Morgan fingerprint density at radius 3 is 2.39 bits per heavy atom. The maximum Gasteiger partial charge on any atom is 0.236 e. The van der Waals surface area contributed by atoms with Gasteiger partial charge in [0.25, 0.3) is 0 Å². The summed E-state index contributed by atoms with van der Waals surface area (Å²) in [6.07, 6.45) is 3.95. The number of hydrogen-bond donors (Lipinski definition) is 2. The molecule has 4 heteroatoms. The van der Waals surface area contributed by atoms with Crippen LogP contribution in [0.1, 0.15) is 46.5 Å². The summed E-state index contributed by atoms with van der Waals surface area (Å²) >= 11 is 0. The van der Waals surface area contributed by atoms with Gasteiger partial charge in [0.15, 0.2) is 0 Å². The molecule has 0 aromatic carbocycles. The van der Waals surface area contributed by atoms with Crippen LogP contribution in [0.4, 0.5) is 0 Å². The Kier molecular flexibility index (Phi) is 9.02. The number of rotatable bonds is 9. The van der Waals surface area contributed by atoms with Gasteiger partial charge in [-0.05, 0) is 32.9 Å².